The third-order valence-corrected chi connectivity index (χ3v) is 7.33. The average Bonchev–Trinajstić information content (AvgIpc) is 3.33. The highest BCUT2D eigenvalue weighted by Gasteiger charge is 2.38. The van der Waals surface area contributed by atoms with Gasteiger partial charge in [-0.2, -0.15) is 5.26 Å². The lowest BCUT2D eigenvalue weighted by molar-refractivity contribution is 0.640. The van der Waals surface area contributed by atoms with Gasteiger partial charge in [0.1, 0.15) is 0 Å². The summed E-state index contributed by atoms with van der Waals surface area (Å²) in [5.41, 5.74) is 10.5. The fourth-order valence-corrected chi connectivity index (χ4v) is 5.48. The van der Waals surface area contributed by atoms with Crippen LogP contribution in [0.1, 0.15) is 44.7 Å². The van der Waals surface area contributed by atoms with E-state index in [2.05, 4.69) is 123 Å². The summed E-state index contributed by atoms with van der Waals surface area (Å²) in [4.78, 5) is 4.66. The number of allylic oxidation sites excluding steroid dienone is 5. The molecule has 0 unspecified atom stereocenters. The molecule has 0 amide bonds. The first kappa shape index (κ1) is 22.7. The number of likely N-dealkylation sites (N-methyl/N-ethyl adjacent to an activating group) is 1. The number of rotatable bonds is 4. The Balaban J connectivity index is 1.58. The van der Waals surface area contributed by atoms with Crippen LogP contribution in [-0.4, -0.2) is 7.05 Å². The molecular weight excluding hydrogens is 426 g/mol. The predicted octanol–water partition coefficient (Wildman–Crippen LogP) is 8.00. The topological polar surface area (TPSA) is 30.3 Å². The number of nitrogens with zero attached hydrogens (tertiary/aromatic N) is 3. The van der Waals surface area contributed by atoms with Crippen LogP contribution in [0.3, 0.4) is 0 Å². The van der Waals surface area contributed by atoms with Crippen molar-refractivity contribution in [1.29, 1.82) is 5.26 Å². The van der Waals surface area contributed by atoms with E-state index in [1.807, 2.05) is 12.1 Å². The number of hydrogen-bond acceptors (Lipinski definition) is 3. The van der Waals surface area contributed by atoms with Crippen molar-refractivity contribution >= 4 is 17.1 Å². The van der Waals surface area contributed by atoms with E-state index in [9.17, 15) is 5.26 Å². The summed E-state index contributed by atoms with van der Waals surface area (Å²) in [6.45, 7) is 6.75. The van der Waals surface area contributed by atoms with Crippen LogP contribution in [0.4, 0.5) is 17.1 Å². The lowest BCUT2D eigenvalue weighted by Gasteiger charge is -2.28. The number of para-hydroxylation sites is 2. The second-order valence-corrected chi connectivity index (χ2v) is 9.91. The lowest BCUT2D eigenvalue weighted by atomic mass is 9.83. The van der Waals surface area contributed by atoms with E-state index in [-0.39, 0.29) is 5.41 Å². The van der Waals surface area contributed by atoms with Gasteiger partial charge in [0.2, 0.25) is 0 Å². The molecule has 0 radical (unpaired) electrons. The molecule has 0 N–H and O–H groups in total. The van der Waals surface area contributed by atoms with Gasteiger partial charge in [-0.1, -0.05) is 56.3 Å². The number of nitriles is 1. The van der Waals surface area contributed by atoms with Crippen LogP contribution in [0.25, 0.3) is 0 Å². The molecule has 0 bridgehead atoms. The van der Waals surface area contributed by atoms with Gasteiger partial charge in [-0.25, -0.2) is 0 Å². The Morgan fingerprint density at radius 1 is 0.886 bits per heavy atom. The van der Waals surface area contributed by atoms with Crippen molar-refractivity contribution in [2.75, 3.05) is 16.8 Å². The quantitative estimate of drug-likeness (QED) is 0.397. The minimum Gasteiger partial charge on any atom is -0.347 e. The summed E-state index contributed by atoms with van der Waals surface area (Å²) in [6, 6.07) is 29.6. The summed E-state index contributed by atoms with van der Waals surface area (Å²) in [7, 11) is 2.13. The third kappa shape index (κ3) is 3.96. The zero-order valence-electron chi connectivity index (χ0n) is 20.9. The molecule has 2 aliphatic rings. The summed E-state index contributed by atoms with van der Waals surface area (Å²) in [5, 5.41) is 9.41. The summed E-state index contributed by atoms with van der Waals surface area (Å²) in [5.74, 6) is 0. The molecule has 0 saturated carbocycles. The molecule has 3 aromatic carbocycles. The zero-order chi connectivity index (χ0) is 24.6. The highest BCUT2D eigenvalue weighted by atomic mass is 15.2. The Hall–Kier alpha value is -4.03. The minimum absolute atomic E-state index is 0.177. The molecule has 0 aromatic heterocycles. The second kappa shape index (κ2) is 8.96. The Morgan fingerprint density at radius 2 is 1.51 bits per heavy atom. The molecule has 0 saturated heterocycles. The Bertz CT molecular complexity index is 1350. The molecule has 1 aliphatic heterocycles. The van der Waals surface area contributed by atoms with Gasteiger partial charge in [-0.3, -0.25) is 0 Å². The molecular formula is C32H31N3. The normalized spacial score (nSPS) is 18.8. The number of benzene rings is 3. The highest BCUT2D eigenvalue weighted by Crippen LogP contribution is 2.48. The maximum Gasteiger partial charge on any atom is 0.0991 e. The third-order valence-electron chi connectivity index (χ3n) is 7.33. The molecule has 1 aliphatic carbocycles. The number of anilines is 3. The van der Waals surface area contributed by atoms with Crippen LogP contribution in [0.2, 0.25) is 0 Å². The van der Waals surface area contributed by atoms with E-state index in [1.165, 1.54) is 45.2 Å². The maximum absolute atomic E-state index is 9.41. The van der Waals surface area contributed by atoms with E-state index in [1.54, 1.807) is 0 Å². The molecule has 174 valence electrons. The van der Waals surface area contributed by atoms with Crippen LogP contribution < -0.4 is 9.80 Å². The first-order valence-electron chi connectivity index (χ1n) is 12.2. The lowest BCUT2D eigenvalue weighted by Crippen LogP contribution is -2.22. The summed E-state index contributed by atoms with van der Waals surface area (Å²) >= 11 is 0. The maximum atomic E-state index is 9.41. The second-order valence-electron chi connectivity index (χ2n) is 9.91. The van der Waals surface area contributed by atoms with Crippen LogP contribution in [-0.2, 0) is 5.41 Å². The largest absolute Gasteiger partial charge is 0.347 e. The van der Waals surface area contributed by atoms with Gasteiger partial charge in [0.05, 0.1) is 11.6 Å². The Morgan fingerprint density at radius 3 is 2.11 bits per heavy atom. The van der Waals surface area contributed by atoms with E-state index in [0.717, 1.165) is 12.8 Å². The molecule has 5 rings (SSSR count). The SMILES string of the molecule is CC1=C(N(c2ccccc2)c2ccccc2)/C(=C/C=C2/N(C)c3ccc(C#N)cc3C2(C)C)CC1. The fourth-order valence-electron chi connectivity index (χ4n) is 5.48. The summed E-state index contributed by atoms with van der Waals surface area (Å²) < 4.78 is 0. The number of hydrogen-bond donors (Lipinski definition) is 0. The zero-order valence-corrected chi connectivity index (χ0v) is 20.9. The van der Waals surface area contributed by atoms with Crippen molar-refractivity contribution in [2.24, 2.45) is 0 Å². The van der Waals surface area contributed by atoms with Crippen molar-refractivity contribution in [3.8, 4) is 6.07 Å². The highest BCUT2D eigenvalue weighted by molar-refractivity contribution is 5.74. The first-order chi connectivity index (χ1) is 16.9. The van der Waals surface area contributed by atoms with Crippen molar-refractivity contribution in [3.63, 3.8) is 0 Å². The molecule has 3 aromatic rings. The van der Waals surface area contributed by atoms with Crippen LogP contribution >= 0.6 is 0 Å². The van der Waals surface area contributed by atoms with Gasteiger partial charge in [0.15, 0.2) is 0 Å². The molecule has 0 spiro atoms. The van der Waals surface area contributed by atoms with Crippen molar-refractivity contribution in [2.45, 2.75) is 39.0 Å². The van der Waals surface area contributed by atoms with Crippen LogP contribution in [0, 0.1) is 11.3 Å². The predicted molar refractivity (Wildman–Crippen MR) is 146 cm³/mol. The van der Waals surface area contributed by atoms with Crippen molar-refractivity contribution in [3.05, 3.63) is 125 Å². The fraction of sp³-hybridized carbons (Fsp3) is 0.219. The van der Waals surface area contributed by atoms with E-state index < -0.39 is 0 Å². The monoisotopic (exact) mass is 457 g/mol. The van der Waals surface area contributed by atoms with Crippen LogP contribution in [0.5, 0.6) is 0 Å². The van der Waals surface area contributed by atoms with Crippen molar-refractivity contribution in [1.82, 2.24) is 0 Å². The van der Waals surface area contributed by atoms with Gasteiger partial charge in [-0.15, -0.1) is 0 Å². The molecule has 0 atom stereocenters. The Labute approximate surface area is 208 Å². The first-order valence-corrected chi connectivity index (χ1v) is 12.2. The van der Waals surface area contributed by atoms with Gasteiger partial charge in [0, 0.05) is 40.9 Å². The number of fused-ring (bicyclic) bond motifs is 1. The van der Waals surface area contributed by atoms with Gasteiger partial charge in [-0.05, 0) is 85.0 Å². The minimum atomic E-state index is -0.177. The van der Waals surface area contributed by atoms with Crippen LogP contribution in [0.15, 0.2) is 114 Å². The smallest absolute Gasteiger partial charge is 0.0991 e. The van der Waals surface area contributed by atoms with Gasteiger partial charge in [0.25, 0.3) is 0 Å². The van der Waals surface area contributed by atoms with Crippen molar-refractivity contribution < 1.29 is 0 Å². The molecule has 1 heterocycles. The Kier molecular flexibility index (Phi) is 5.83. The van der Waals surface area contributed by atoms with Gasteiger partial charge >= 0.3 is 0 Å². The molecule has 0 fully saturated rings. The average molecular weight is 458 g/mol. The van der Waals surface area contributed by atoms with E-state index in [4.69, 9.17) is 0 Å². The standard InChI is InChI=1S/C32H31N3/c1-23-15-17-25(31(23)35(26-11-7-5-8-12-26)27-13-9-6-10-14-27)18-20-30-32(2,3)28-21-24(22-33)16-19-29(28)34(30)4/h5-14,16,18-21H,15,17H2,1-4H3/b25-18+,30-20+. The van der Waals surface area contributed by atoms with E-state index in [0.29, 0.717) is 5.56 Å². The van der Waals surface area contributed by atoms with E-state index >= 15 is 0 Å². The molecule has 3 nitrogen and oxygen atoms in total. The summed E-state index contributed by atoms with van der Waals surface area (Å²) in [6.07, 6.45) is 6.69. The molecule has 35 heavy (non-hydrogen) atoms. The molecule has 3 heteroatoms. The van der Waals surface area contributed by atoms with Gasteiger partial charge < -0.3 is 9.80 Å².